The smallest absolute Gasteiger partial charge is 0.308 e. The molecule has 3 nitrogen and oxygen atoms in total. The van der Waals surface area contributed by atoms with Gasteiger partial charge in [-0.1, -0.05) is 11.6 Å². The van der Waals surface area contributed by atoms with Crippen molar-refractivity contribution in [2.45, 2.75) is 5.92 Å². The van der Waals surface area contributed by atoms with Gasteiger partial charge in [-0.25, -0.2) is 0 Å². The summed E-state index contributed by atoms with van der Waals surface area (Å²) in [5.41, 5.74) is 0.967. The van der Waals surface area contributed by atoms with Crippen LogP contribution in [0, 0.1) is 5.92 Å². The number of rotatable bonds is 2. The van der Waals surface area contributed by atoms with Crippen molar-refractivity contribution in [1.29, 1.82) is 0 Å². The summed E-state index contributed by atoms with van der Waals surface area (Å²) >= 11 is 7.49. The molecule has 2 atom stereocenters. The standard InChI is InChI=1S/C9H10ClNO2S/c10-8-4-14-3-7(8)5-1-11-2-6(5)9(12)13/h3-6,11H,1-2H2,(H,12,13). The number of carboxylic acid groups (broad SMARTS) is 1. The highest BCUT2D eigenvalue weighted by molar-refractivity contribution is 7.08. The molecule has 0 bridgehead atoms. The molecule has 0 spiro atoms. The molecule has 0 aliphatic carbocycles. The molecular weight excluding hydrogens is 222 g/mol. The molecule has 14 heavy (non-hydrogen) atoms. The number of nitrogens with one attached hydrogen (secondary N) is 1. The first kappa shape index (κ1) is 9.96. The average molecular weight is 232 g/mol. The molecule has 0 amide bonds. The molecule has 0 saturated carbocycles. The normalized spacial score (nSPS) is 26.6. The number of halogens is 1. The number of hydrogen-bond acceptors (Lipinski definition) is 3. The Morgan fingerprint density at radius 1 is 1.57 bits per heavy atom. The lowest BCUT2D eigenvalue weighted by molar-refractivity contribution is -0.141. The minimum absolute atomic E-state index is 0.0197. The van der Waals surface area contributed by atoms with Crippen molar-refractivity contribution in [2.24, 2.45) is 5.92 Å². The van der Waals surface area contributed by atoms with Gasteiger partial charge in [-0.15, -0.1) is 0 Å². The fraction of sp³-hybridized carbons (Fsp3) is 0.444. The highest BCUT2D eigenvalue weighted by Crippen LogP contribution is 2.35. The Morgan fingerprint density at radius 3 is 2.93 bits per heavy atom. The van der Waals surface area contributed by atoms with E-state index in [2.05, 4.69) is 5.32 Å². The molecule has 2 rings (SSSR count). The van der Waals surface area contributed by atoms with Crippen LogP contribution in [0.15, 0.2) is 10.8 Å². The highest BCUT2D eigenvalue weighted by atomic mass is 35.5. The van der Waals surface area contributed by atoms with Crippen LogP contribution in [0.2, 0.25) is 5.02 Å². The summed E-state index contributed by atoms with van der Waals surface area (Å²) < 4.78 is 0. The van der Waals surface area contributed by atoms with E-state index in [0.717, 1.165) is 5.56 Å². The highest BCUT2D eigenvalue weighted by Gasteiger charge is 2.35. The number of carboxylic acids is 1. The van der Waals surface area contributed by atoms with Gasteiger partial charge >= 0.3 is 5.97 Å². The minimum atomic E-state index is -0.748. The van der Waals surface area contributed by atoms with Crippen molar-refractivity contribution in [3.05, 3.63) is 21.3 Å². The molecular formula is C9H10ClNO2S. The Bertz CT molecular complexity index is 352. The van der Waals surface area contributed by atoms with Gasteiger partial charge in [0.2, 0.25) is 0 Å². The van der Waals surface area contributed by atoms with E-state index >= 15 is 0 Å². The zero-order chi connectivity index (χ0) is 10.1. The van der Waals surface area contributed by atoms with Gasteiger partial charge in [-0.3, -0.25) is 4.79 Å². The number of carbonyl (C=O) groups is 1. The summed E-state index contributed by atoms with van der Waals surface area (Å²) in [7, 11) is 0. The van der Waals surface area contributed by atoms with E-state index in [0.29, 0.717) is 18.1 Å². The first-order valence-corrected chi connectivity index (χ1v) is 5.67. The second-order valence-corrected chi connectivity index (χ2v) is 4.54. The fourth-order valence-corrected chi connectivity index (χ4v) is 3.01. The van der Waals surface area contributed by atoms with Crippen LogP contribution in [0.4, 0.5) is 0 Å². The van der Waals surface area contributed by atoms with Gasteiger partial charge in [0.1, 0.15) is 0 Å². The predicted molar refractivity (Wildman–Crippen MR) is 56.1 cm³/mol. The van der Waals surface area contributed by atoms with Crippen molar-refractivity contribution in [1.82, 2.24) is 5.32 Å². The molecule has 76 valence electrons. The fourth-order valence-electron chi connectivity index (χ4n) is 1.82. The van der Waals surface area contributed by atoms with Crippen molar-refractivity contribution in [3.63, 3.8) is 0 Å². The summed E-state index contributed by atoms with van der Waals surface area (Å²) in [5.74, 6) is -1.07. The van der Waals surface area contributed by atoms with Crippen LogP contribution < -0.4 is 5.32 Å². The first-order valence-electron chi connectivity index (χ1n) is 4.35. The Hall–Kier alpha value is -0.580. The van der Waals surface area contributed by atoms with Gasteiger partial charge in [0, 0.05) is 24.4 Å². The van der Waals surface area contributed by atoms with Crippen molar-refractivity contribution >= 4 is 28.9 Å². The van der Waals surface area contributed by atoms with Crippen LogP contribution in [-0.2, 0) is 4.79 Å². The van der Waals surface area contributed by atoms with Crippen molar-refractivity contribution < 1.29 is 9.90 Å². The van der Waals surface area contributed by atoms with E-state index in [-0.39, 0.29) is 11.8 Å². The van der Waals surface area contributed by atoms with E-state index in [4.69, 9.17) is 16.7 Å². The second kappa shape index (κ2) is 3.88. The van der Waals surface area contributed by atoms with E-state index in [1.54, 1.807) is 0 Å². The molecule has 2 heterocycles. The maximum absolute atomic E-state index is 10.9. The van der Waals surface area contributed by atoms with Gasteiger partial charge in [-0.2, -0.15) is 11.3 Å². The van der Waals surface area contributed by atoms with Gasteiger partial charge in [0.05, 0.1) is 10.9 Å². The van der Waals surface area contributed by atoms with Gasteiger partial charge < -0.3 is 10.4 Å². The summed E-state index contributed by atoms with van der Waals surface area (Å²) in [6, 6.07) is 0. The van der Waals surface area contributed by atoms with Crippen LogP contribution in [0.3, 0.4) is 0 Å². The topological polar surface area (TPSA) is 49.3 Å². The van der Waals surface area contributed by atoms with E-state index in [1.807, 2.05) is 10.8 Å². The molecule has 0 radical (unpaired) electrons. The van der Waals surface area contributed by atoms with E-state index in [9.17, 15) is 4.79 Å². The Morgan fingerprint density at radius 2 is 2.36 bits per heavy atom. The Labute approximate surface area is 90.7 Å². The number of thiophene rings is 1. The lowest BCUT2D eigenvalue weighted by Gasteiger charge is -2.13. The lowest BCUT2D eigenvalue weighted by atomic mass is 9.91. The van der Waals surface area contributed by atoms with E-state index in [1.165, 1.54) is 11.3 Å². The van der Waals surface area contributed by atoms with E-state index < -0.39 is 5.97 Å². The minimum Gasteiger partial charge on any atom is -0.481 e. The molecule has 1 aromatic heterocycles. The first-order chi connectivity index (χ1) is 6.70. The molecule has 1 aliphatic rings. The third-order valence-electron chi connectivity index (χ3n) is 2.57. The zero-order valence-electron chi connectivity index (χ0n) is 7.37. The second-order valence-electron chi connectivity index (χ2n) is 3.38. The third-order valence-corrected chi connectivity index (χ3v) is 3.79. The van der Waals surface area contributed by atoms with Crippen LogP contribution in [0.1, 0.15) is 11.5 Å². The largest absolute Gasteiger partial charge is 0.481 e. The summed E-state index contributed by atoms with van der Waals surface area (Å²) in [4.78, 5) is 10.9. The molecule has 1 fully saturated rings. The molecule has 5 heteroatoms. The zero-order valence-corrected chi connectivity index (χ0v) is 8.94. The van der Waals surface area contributed by atoms with Crippen molar-refractivity contribution in [2.75, 3.05) is 13.1 Å². The lowest BCUT2D eigenvalue weighted by Crippen LogP contribution is -2.20. The SMILES string of the molecule is O=C(O)C1CNCC1c1cscc1Cl. The van der Waals surface area contributed by atoms with Crippen LogP contribution in [0.5, 0.6) is 0 Å². The maximum atomic E-state index is 10.9. The number of aliphatic carboxylic acids is 1. The van der Waals surface area contributed by atoms with Crippen LogP contribution in [0.25, 0.3) is 0 Å². The van der Waals surface area contributed by atoms with Gasteiger partial charge in [-0.05, 0) is 10.9 Å². The molecule has 2 unspecified atom stereocenters. The van der Waals surface area contributed by atoms with Gasteiger partial charge in [0.15, 0.2) is 0 Å². The third kappa shape index (κ3) is 1.65. The van der Waals surface area contributed by atoms with Crippen LogP contribution >= 0.6 is 22.9 Å². The Kier molecular flexibility index (Phi) is 2.76. The van der Waals surface area contributed by atoms with Crippen molar-refractivity contribution in [3.8, 4) is 0 Å². The quantitative estimate of drug-likeness (QED) is 0.816. The van der Waals surface area contributed by atoms with Crippen LogP contribution in [-0.4, -0.2) is 24.2 Å². The molecule has 1 aromatic rings. The molecule has 1 aliphatic heterocycles. The molecule has 2 N–H and O–H groups in total. The molecule has 0 aromatic carbocycles. The summed E-state index contributed by atoms with van der Waals surface area (Å²) in [6.45, 7) is 1.24. The number of hydrogen-bond donors (Lipinski definition) is 2. The average Bonchev–Trinajstić information content (AvgIpc) is 2.70. The molecule has 1 saturated heterocycles. The predicted octanol–water partition coefficient (Wildman–Crippen LogP) is 1.79. The monoisotopic (exact) mass is 231 g/mol. The summed E-state index contributed by atoms with van der Waals surface area (Å²) in [5, 5.41) is 16.5. The Balaban J connectivity index is 2.26. The summed E-state index contributed by atoms with van der Waals surface area (Å²) in [6.07, 6.45) is 0. The maximum Gasteiger partial charge on any atom is 0.308 e. The van der Waals surface area contributed by atoms with Gasteiger partial charge in [0.25, 0.3) is 0 Å².